The lowest BCUT2D eigenvalue weighted by Gasteiger charge is -2.21. The predicted molar refractivity (Wildman–Crippen MR) is 103 cm³/mol. The average molecular weight is 339 g/mol. The van der Waals surface area contributed by atoms with Gasteiger partial charge in [0.25, 0.3) is 5.91 Å². The van der Waals surface area contributed by atoms with Crippen LogP contribution in [0.2, 0.25) is 0 Å². The van der Waals surface area contributed by atoms with Crippen LogP contribution in [0, 0.1) is 34.6 Å². The van der Waals surface area contributed by atoms with Crippen molar-refractivity contribution < 1.29 is 9.53 Å². The Morgan fingerprint density at radius 1 is 0.920 bits per heavy atom. The number of benzene rings is 2. The maximum absolute atomic E-state index is 12.5. The Kier molecular flexibility index (Phi) is 5.89. The number of hydrogen-bond acceptors (Lipinski definition) is 2. The topological polar surface area (TPSA) is 38.3 Å². The zero-order chi connectivity index (χ0) is 18.7. The van der Waals surface area contributed by atoms with Gasteiger partial charge >= 0.3 is 0 Å². The van der Waals surface area contributed by atoms with Crippen LogP contribution in [-0.4, -0.2) is 12.0 Å². The highest BCUT2D eigenvalue weighted by Gasteiger charge is 2.19. The van der Waals surface area contributed by atoms with Crippen molar-refractivity contribution in [3.8, 4) is 5.75 Å². The number of hydrogen-bond donors (Lipinski definition) is 1. The van der Waals surface area contributed by atoms with E-state index < -0.39 is 6.10 Å². The molecule has 3 nitrogen and oxygen atoms in total. The molecule has 2 rings (SSSR count). The first kappa shape index (κ1) is 19.0. The Bertz CT molecular complexity index is 780. The van der Waals surface area contributed by atoms with Crippen molar-refractivity contribution in [2.75, 3.05) is 0 Å². The van der Waals surface area contributed by atoms with Crippen LogP contribution in [0.5, 0.6) is 5.75 Å². The van der Waals surface area contributed by atoms with E-state index in [2.05, 4.69) is 50.4 Å². The lowest BCUT2D eigenvalue weighted by Crippen LogP contribution is -2.38. The van der Waals surface area contributed by atoms with Gasteiger partial charge in [0.1, 0.15) is 5.75 Å². The van der Waals surface area contributed by atoms with Crippen molar-refractivity contribution in [3.05, 3.63) is 63.7 Å². The molecule has 0 aliphatic rings. The van der Waals surface area contributed by atoms with Crippen LogP contribution in [0.1, 0.15) is 53.3 Å². The second-order valence-electron chi connectivity index (χ2n) is 7.04. The normalized spacial score (nSPS) is 13.2. The number of aryl methyl sites for hydroxylation is 4. The molecule has 0 aromatic heterocycles. The molecule has 25 heavy (non-hydrogen) atoms. The Morgan fingerprint density at radius 2 is 1.60 bits per heavy atom. The van der Waals surface area contributed by atoms with Crippen LogP contribution >= 0.6 is 0 Å². The van der Waals surface area contributed by atoms with Gasteiger partial charge in [0.05, 0.1) is 6.04 Å². The fraction of sp³-hybridized carbons (Fsp3) is 0.409. The molecule has 0 aliphatic carbocycles. The summed E-state index contributed by atoms with van der Waals surface area (Å²) >= 11 is 0. The molecule has 0 aliphatic heterocycles. The highest BCUT2D eigenvalue weighted by atomic mass is 16.5. The molecule has 0 saturated carbocycles. The lowest BCUT2D eigenvalue weighted by molar-refractivity contribution is -0.127. The van der Waals surface area contributed by atoms with E-state index in [9.17, 15) is 4.79 Å². The van der Waals surface area contributed by atoms with Crippen LogP contribution in [-0.2, 0) is 4.79 Å². The summed E-state index contributed by atoms with van der Waals surface area (Å²) in [5, 5.41) is 3.05. The van der Waals surface area contributed by atoms with Gasteiger partial charge in [-0.05, 0) is 87.9 Å². The maximum atomic E-state index is 12.5. The van der Waals surface area contributed by atoms with Crippen molar-refractivity contribution >= 4 is 5.91 Å². The number of carbonyl (C=O) groups is 1. The zero-order valence-electron chi connectivity index (χ0n) is 16.4. The van der Waals surface area contributed by atoms with Gasteiger partial charge in [-0.2, -0.15) is 0 Å². The third kappa shape index (κ3) is 4.62. The highest BCUT2D eigenvalue weighted by molar-refractivity contribution is 5.81. The minimum absolute atomic E-state index is 0.0572. The first-order chi connectivity index (χ1) is 11.7. The zero-order valence-corrected chi connectivity index (χ0v) is 16.4. The molecule has 0 radical (unpaired) electrons. The number of amides is 1. The largest absolute Gasteiger partial charge is 0.481 e. The first-order valence-electron chi connectivity index (χ1n) is 8.81. The number of ether oxygens (including phenoxy) is 1. The molecule has 1 N–H and O–H groups in total. The van der Waals surface area contributed by atoms with Gasteiger partial charge in [0.15, 0.2) is 6.10 Å². The quantitative estimate of drug-likeness (QED) is 0.843. The summed E-state index contributed by atoms with van der Waals surface area (Å²) in [6, 6.07) is 10.3. The van der Waals surface area contributed by atoms with Crippen LogP contribution in [0.3, 0.4) is 0 Å². The van der Waals surface area contributed by atoms with Crippen molar-refractivity contribution in [2.45, 2.75) is 60.6 Å². The molecule has 2 aromatic carbocycles. The van der Waals surface area contributed by atoms with E-state index in [1.807, 2.05) is 26.8 Å². The molecule has 0 fully saturated rings. The summed E-state index contributed by atoms with van der Waals surface area (Å²) in [5.41, 5.74) is 6.97. The molecular formula is C22H29NO2. The number of nitrogens with one attached hydrogen (secondary N) is 1. The van der Waals surface area contributed by atoms with E-state index in [1.165, 1.54) is 16.7 Å². The Labute approximate surface area is 151 Å². The van der Waals surface area contributed by atoms with Crippen molar-refractivity contribution in [1.82, 2.24) is 5.32 Å². The van der Waals surface area contributed by atoms with Crippen molar-refractivity contribution in [1.29, 1.82) is 0 Å². The number of carbonyl (C=O) groups excluding carboxylic acids is 1. The van der Waals surface area contributed by atoms with Gasteiger partial charge in [0.2, 0.25) is 0 Å². The highest BCUT2D eigenvalue weighted by Crippen LogP contribution is 2.24. The van der Waals surface area contributed by atoms with Gasteiger partial charge < -0.3 is 10.1 Å². The Balaban J connectivity index is 2.06. The smallest absolute Gasteiger partial charge is 0.261 e. The van der Waals surface area contributed by atoms with Gasteiger partial charge in [-0.15, -0.1) is 0 Å². The molecule has 0 saturated heterocycles. The minimum Gasteiger partial charge on any atom is -0.481 e. The molecule has 0 unspecified atom stereocenters. The molecule has 0 bridgehead atoms. The fourth-order valence-corrected chi connectivity index (χ4v) is 2.82. The summed E-state index contributed by atoms with van der Waals surface area (Å²) < 4.78 is 5.94. The van der Waals surface area contributed by atoms with Gasteiger partial charge in [-0.25, -0.2) is 0 Å². The summed E-state index contributed by atoms with van der Waals surface area (Å²) in [4.78, 5) is 12.5. The SMILES string of the molecule is Cc1cc(C)c(C)c(O[C@H](C)C(=O)N[C@@H](C)c2ccc(C)c(C)c2)c1. The Hall–Kier alpha value is -2.29. The minimum atomic E-state index is -0.547. The summed E-state index contributed by atoms with van der Waals surface area (Å²) in [6.07, 6.45) is -0.547. The molecular weight excluding hydrogens is 310 g/mol. The molecule has 2 atom stereocenters. The lowest BCUT2D eigenvalue weighted by atomic mass is 10.0. The molecule has 3 heteroatoms. The van der Waals surface area contributed by atoms with E-state index in [4.69, 9.17) is 4.74 Å². The third-order valence-electron chi connectivity index (χ3n) is 4.83. The standard InChI is InChI=1S/C22H29NO2/c1-13-10-16(4)17(5)21(11-13)25-19(7)22(24)23-18(6)20-9-8-14(2)15(3)12-20/h8-12,18-19H,1-7H3,(H,23,24)/t18-,19+/m0/s1. The molecule has 2 aromatic rings. The molecule has 1 amide bonds. The van der Waals surface area contributed by atoms with E-state index in [1.54, 1.807) is 6.92 Å². The van der Waals surface area contributed by atoms with E-state index in [-0.39, 0.29) is 11.9 Å². The Morgan fingerprint density at radius 3 is 2.24 bits per heavy atom. The number of rotatable bonds is 5. The van der Waals surface area contributed by atoms with E-state index in [0.717, 1.165) is 22.4 Å². The van der Waals surface area contributed by atoms with Crippen molar-refractivity contribution in [3.63, 3.8) is 0 Å². The summed E-state index contributed by atoms with van der Waals surface area (Å²) in [5.74, 6) is 0.670. The predicted octanol–water partition coefficient (Wildman–Crippen LogP) is 4.87. The molecule has 134 valence electrons. The van der Waals surface area contributed by atoms with E-state index >= 15 is 0 Å². The van der Waals surface area contributed by atoms with Crippen LogP contribution in [0.15, 0.2) is 30.3 Å². The summed E-state index contributed by atoms with van der Waals surface area (Å²) in [7, 11) is 0. The van der Waals surface area contributed by atoms with E-state index in [0.29, 0.717) is 0 Å². The van der Waals surface area contributed by atoms with Crippen LogP contribution in [0.4, 0.5) is 0 Å². The molecule has 0 heterocycles. The monoisotopic (exact) mass is 339 g/mol. The molecule has 0 spiro atoms. The summed E-state index contributed by atoms with van der Waals surface area (Å²) in [6.45, 7) is 14.1. The second kappa shape index (κ2) is 7.73. The maximum Gasteiger partial charge on any atom is 0.261 e. The van der Waals surface area contributed by atoms with Crippen LogP contribution < -0.4 is 10.1 Å². The van der Waals surface area contributed by atoms with Gasteiger partial charge in [-0.3, -0.25) is 4.79 Å². The average Bonchev–Trinajstić information content (AvgIpc) is 2.54. The van der Waals surface area contributed by atoms with Crippen molar-refractivity contribution in [2.24, 2.45) is 0 Å². The van der Waals surface area contributed by atoms with Crippen LogP contribution in [0.25, 0.3) is 0 Å². The second-order valence-corrected chi connectivity index (χ2v) is 7.04. The van der Waals surface area contributed by atoms with Gasteiger partial charge in [-0.1, -0.05) is 24.3 Å². The fourth-order valence-electron chi connectivity index (χ4n) is 2.82. The third-order valence-corrected chi connectivity index (χ3v) is 4.83. The van der Waals surface area contributed by atoms with Gasteiger partial charge in [0, 0.05) is 0 Å². The first-order valence-corrected chi connectivity index (χ1v) is 8.81.